The summed E-state index contributed by atoms with van der Waals surface area (Å²) in [4.78, 5) is 16.4. The maximum Gasteiger partial charge on any atom is 0.257 e. The van der Waals surface area contributed by atoms with E-state index in [1.54, 1.807) is 24.4 Å². The smallest absolute Gasteiger partial charge is 0.257 e. The van der Waals surface area contributed by atoms with E-state index in [9.17, 15) is 9.18 Å². The summed E-state index contributed by atoms with van der Waals surface area (Å²) in [5.41, 5.74) is 2.37. The molecule has 0 aliphatic rings. The van der Waals surface area contributed by atoms with Gasteiger partial charge in [0.2, 0.25) is 0 Å². The molecule has 2 aromatic carbocycles. The summed E-state index contributed by atoms with van der Waals surface area (Å²) in [5, 5.41) is 6.48. The van der Waals surface area contributed by atoms with Crippen molar-refractivity contribution in [3.63, 3.8) is 0 Å². The second-order valence-electron chi connectivity index (χ2n) is 5.70. The highest BCUT2D eigenvalue weighted by Gasteiger charge is 2.10. The van der Waals surface area contributed by atoms with E-state index in [4.69, 9.17) is 11.6 Å². The lowest BCUT2D eigenvalue weighted by Crippen LogP contribution is -2.14. The van der Waals surface area contributed by atoms with Gasteiger partial charge in [0.1, 0.15) is 5.82 Å². The van der Waals surface area contributed by atoms with Gasteiger partial charge in [0, 0.05) is 24.0 Å². The molecule has 6 heteroatoms. The minimum atomic E-state index is -0.481. The summed E-state index contributed by atoms with van der Waals surface area (Å²) in [5.74, 6) is -0.894. The summed E-state index contributed by atoms with van der Waals surface area (Å²) in [6.45, 7) is 0.682. The van der Waals surface area contributed by atoms with Crippen molar-refractivity contribution in [2.24, 2.45) is 0 Å². The summed E-state index contributed by atoms with van der Waals surface area (Å²) in [7, 11) is 0. The zero-order valence-corrected chi connectivity index (χ0v) is 14.6. The molecule has 132 valence electrons. The predicted octanol–water partition coefficient (Wildman–Crippen LogP) is 4.78. The molecule has 3 aromatic rings. The van der Waals surface area contributed by atoms with Gasteiger partial charge in [-0.3, -0.25) is 9.78 Å². The molecule has 0 spiro atoms. The van der Waals surface area contributed by atoms with Crippen molar-refractivity contribution in [2.75, 3.05) is 17.2 Å². The molecule has 0 unspecified atom stereocenters. The van der Waals surface area contributed by atoms with Gasteiger partial charge in [-0.1, -0.05) is 35.9 Å². The van der Waals surface area contributed by atoms with Crippen LogP contribution in [-0.2, 0) is 6.42 Å². The van der Waals surface area contributed by atoms with Crippen LogP contribution in [0.1, 0.15) is 15.9 Å². The van der Waals surface area contributed by atoms with Crippen molar-refractivity contribution in [1.29, 1.82) is 0 Å². The molecule has 0 bridgehead atoms. The summed E-state index contributed by atoms with van der Waals surface area (Å²) >= 11 is 5.87. The number of amides is 1. The third-order valence-electron chi connectivity index (χ3n) is 3.78. The predicted molar refractivity (Wildman–Crippen MR) is 102 cm³/mol. The number of carbonyl (C=O) groups excluding carboxylic acids is 1. The number of benzene rings is 2. The highest BCUT2D eigenvalue weighted by molar-refractivity contribution is 6.30. The minimum Gasteiger partial charge on any atom is -0.383 e. The molecule has 1 heterocycles. The van der Waals surface area contributed by atoms with Crippen LogP contribution < -0.4 is 10.6 Å². The van der Waals surface area contributed by atoms with Gasteiger partial charge >= 0.3 is 0 Å². The Morgan fingerprint density at radius 3 is 2.62 bits per heavy atom. The maximum atomic E-state index is 13.6. The van der Waals surface area contributed by atoms with Gasteiger partial charge in [0.05, 0.1) is 16.9 Å². The SMILES string of the molecule is O=C(Nc1ccccc1F)c1cncc(NCCc2ccc(Cl)cc2)c1. The first-order valence-corrected chi connectivity index (χ1v) is 8.49. The van der Waals surface area contributed by atoms with Crippen molar-refractivity contribution >= 4 is 28.9 Å². The number of nitrogens with one attached hydrogen (secondary N) is 2. The highest BCUT2D eigenvalue weighted by atomic mass is 35.5. The van der Waals surface area contributed by atoms with E-state index < -0.39 is 11.7 Å². The lowest BCUT2D eigenvalue weighted by molar-refractivity contribution is 0.102. The van der Waals surface area contributed by atoms with E-state index in [1.807, 2.05) is 24.3 Å². The molecule has 2 N–H and O–H groups in total. The van der Waals surface area contributed by atoms with Crippen LogP contribution in [0.3, 0.4) is 0 Å². The molecule has 0 aliphatic heterocycles. The van der Waals surface area contributed by atoms with Crippen molar-refractivity contribution in [3.8, 4) is 0 Å². The molecular formula is C20H17ClFN3O. The average molecular weight is 370 g/mol. The van der Waals surface area contributed by atoms with Gasteiger partial charge in [0.25, 0.3) is 5.91 Å². The quantitative estimate of drug-likeness (QED) is 0.657. The number of hydrogen-bond donors (Lipinski definition) is 2. The summed E-state index contributed by atoms with van der Waals surface area (Å²) in [6, 6.07) is 15.4. The topological polar surface area (TPSA) is 54.0 Å². The molecule has 0 saturated carbocycles. The zero-order chi connectivity index (χ0) is 18.4. The van der Waals surface area contributed by atoms with Crippen LogP contribution >= 0.6 is 11.6 Å². The van der Waals surface area contributed by atoms with E-state index in [-0.39, 0.29) is 5.69 Å². The van der Waals surface area contributed by atoms with Crippen LogP contribution in [-0.4, -0.2) is 17.4 Å². The number of para-hydroxylation sites is 1. The Labute approximate surface area is 156 Å². The molecule has 0 aliphatic carbocycles. The van der Waals surface area contributed by atoms with E-state index in [1.165, 1.54) is 18.3 Å². The molecule has 0 saturated heterocycles. The molecule has 26 heavy (non-hydrogen) atoms. The number of halogens is 2. The number of pyridine rings is 1. The fourth-order valence-corrected chi connectivity index (χ4v) is 2.55. The lowest BCUT2D eigenvalue weighted by Gasteiger charge is -2.09. The fraction of sp³-hybridized carbons (Fsp3) is 0.100. The standard InChI is InChI=1S/C20H17ClFN3O/c21-16-7-5-14(6-8-16)9-10-24-17-11-15(12-23-13-17)20(26)25-19-4-2-1-3-18(19)22/h1-8,11-13,24H,9-10H2,(H,25,26). The van der Waals surface area contributed by atoms with Crippen molar-refractivity contribution < 1.29 is 9.18 Å². The second-order valence-corrected chi connectivity index (χ2v) is 6.14. The average Bonchev–Trinajstić information content (AvgIpc) is 2.65. The Morgan fingerprint density at radius 1 is 1.08 bits per heavy atom. The van der Waals surface area contributed by atoms with E-state index in [0.717, 1.165) is 17.7 Å². The number of aromatic nitrogens is 1. The van der Waals surface area contributed by atoms with E-state index in [0.29, 0.717) is 17.1 Å². The number of nitrogens with zero attached hydrogens (tertiary/aromatic N) is 1. The minimum absolute atomic E-state index is 0.138. The van der Waals surface area contributed by atoms with Crippen LogP contribution in [0.2, 0.25) is 5.02 Å². The Bertz CT molecular complexity index is 900. The van der Waals surface area contributed by atoms with Gasteiger partial charge in [-0.25, -0.2) is 4.39 Å². The molecule has 1 amide bonds. The normalized spacial score (nSPS) is 10.4. The monoisotopic (exact) mass is 369 g/mol. The first-order chi connectivity index (χ1) is 12.6. The van der Waals surface area contributed by atoms with Crippen LogP contribution in [0.25, 0.3) is 0 Å². The third kappa shape index (κ3) is 4.80. The Balaban J connectivity index is 1.59. The van der Waals surface area contributed by atoms with E-state index in [2.05, 4.69) is 15.6 Å². The molecule has 1 aromatic heterocycles. The molecule has 0 atom stereocenters. The molecule has 0 radical (unpaired) electrons. The van der Waals surface area contributed by atoms with Crippen LogP contribution in [0.5, 0.6) is 0 Å². The van der Waals surface area contributed by atoms with Gasteiger partial charge < -0.3 is 10.6 Å². The third-order valence-corrected chi connectivity index (χ3v) is 4.03. The van der Waals surface area contributed by atoms with Gasteiger partial charge in [-0.05, 0) is 42.3 Å². The maximum absolute atomic E-state index is 13.6. The first-order valence-electron chi connectivity index (χ1n) is 8.11. The van der Waals surface area contributed by atoms with Crippen molar-refractivity contribution in [2.45, 2.75) is 6.42 Å². The lowest BCUT2D eigenvalue weighted by atomic mass is 10.1. The number of carbonyl (C=O) groups is 1. The zero-order valence-electron chi connectivity index (χ0n) is 13.9. The van der Waals surface area contributed by atoms with Crippen LogP contribution in [0.4, 0.5) is 15.8 Å². The number of rotatable bonds is 6. The van der Waals surface area contributed by atoms with Crippen LogP contribution in [0, 0.1) is 5.82 Å². The highest BCUT2D eigenvalue weighted by Crippen LogP contribution is 2.16. The van der Waals surface area contributed by atoms with Crippen molar-refractivity contribution in [3.05, 3.63) is 89.0 Å². The number of hydrogen-bond acceptors (Lipinski definition) is 3. The number of anilines is 2. The largest absolute Gasteiger partial charge is 0.383 e. The fourth-order valence-electron chi connectivity index (χ4n) is 2.42. The molecule has 3 rings (SSSR count). The molecule has 4 nitrogen and oxygen atoms in total. The van der Waals surface area contributed by atoms with Crippen LogP contribution in [0.15, 0.2) is 67.0 Å². The second kappa shape index (κ2) is 8.45. The summed E-state index contributed by atoms with van der Waals surface area (Å²) in [6.07, 6.45) is 3.89. The Hall–Kier alpha value is -2.92. The Morgan fingerprint density at radius 2 is 1.85 bits per heavy atom. The van der Waals surface area contributed by atoms with Gasteiger partial charge in [-0.15, -0.1) is 0 Å². The molecular weight excluding hydrogens is 353 g/mol. The van der Waals surface area contributed by atoms with Gasteiger partial charge in [0.15, 0.2) is 0 Å². The van der Waals surface area contributed by atoms with Crippen molar-refractivity contribution in [1.82, 2.24) is 4.98 Å². The molecule has 0 fully saturated rings. The van der Waals surface area contributed by atoms with E-state index >= 15 is 0 Å². The van der Waals surface area contributed by atoms with Gasteiger partial charge in [-0.2, -0.15) is 0 Å². The first kappa shape index (κ1) is 17.9. The summed E-state index contributed by atoms with van der Waals surface area (Å²) < 4.78 is 13.6. The Kier molecular flexibility index (Phi) is 5.81.